The van der Waals surface area contributed by atoms with Crippen LogP contribution in [0.3, 0.4) is 0 Å². The van der Waals surface area contributed by atoms with Crippen LogP contribution in [0.2, 0.25) is 0 Å². The van der Waals surface area contributed by atoms with E-state index < -0.39 is 86.8 Å². The van der Waals surface area contributed by atoms with Gasteiger partial charge in [0.05, 0.1) is 32.0 Å². The molecular weight excluding hydrogens is 1030 g/mol. The molecule has 480 valence electrons. The molecule has 2 saturated heterocycles. The second-order valence-electron chi connectivity index (χ2n) is 24.7. The summed E-state index contributed by atoms with van der Waals surface area (Å²) in [5.74, 6) is -0.206. The molecule has 0 aromatic rings. The van der Waals surface area contributed by atoms with E-state index in [2.05, 4.69) is 31.3 Å². The third-order valence-electron chi connectivity index (χ3n) is 17.2. The predicted molar refractivity (Wildman–Crippen MR) is 328 cm³/mol. The number of rotatable bonds is 57. The molecular formula is C67H129NO13. The summed E-state index contributed by atoms with van der Waals surface area (Å²) in [6.07, 6.45) is 46.6. The van der Waals surface area contributed by atoms with Crippen molar-refractivity contribution in [1.82, 2.24) is 5.32 Å². The number of aliphatic hydroxyl groups is 8. The predicted octanol–water partition coefficient (Wildman–Crippen LogP) is 13.4. The van der Waals surface area contributed by atoms with Crippen LogP contribution in [0.15, 0.2) is 12.2 Å². The number of allylic oxidation sites excluding steroid dienone is 2. The molecule has 0 aliphatic carbocycles. The van der Waals surface area contributed by atoms with Gasteiger partial charge in [0.25, 0.3) is 0 Å². The van der Waals surface area contributed by atoms with Crippen molar-refractivity contribution in [3.05, 3.63) is 12.2 Å². The Morgan fingerprint density at radius 3 is 1.17 bits per heavy atom. The summed E-state index contributed by atoms with van der Waals surface area (Å²) in [7, 11) is 0. The van der Waals surface area contributed by atoms with E-state index in [1.165, 1.54) is 231 Å². The quantitative estimate of drug-likeness (QED) is 0.0204. The number of aliphatic hydroxyl groups excluding tert-OH is 8. The number of amides is 1. The van der Waals surface area contributed by atoms with Crippen LogP contribution in [0.1, 0.15) is 316 Å². The summed E-state index contributed by atoms with van der Waals surface area (Å²) in [6, 6.07) is -0.829. The molecule has 2 heterocycles. The van der Waals surface area contributed by atoms with Gasteiger partial charge in [-0.3, -0.25) is 4.79 Å². The molecule has 0 radical (unpaired) electrons. The molecule has 14 nitrogen and oxygen atoms in total. The molecule has 81 heavy (non-hydrogen) atoms. The fourth-order valence-electron chi connectivity index (χ4n) is 11.7. The van der Waals surface area contributed by atoms with Crippen LogP contribution in [0.25, 0.3) is 0 Å². The van der Waals surface area contributed by atoms with E-state index in [1.807, 2.05) is 0 Å². The van der Waals surface area contributed by atoms with Crippen molar-refractivity contribution in [1.29, 1.82) is 0 Å². The van der Waals surface area contributed by atoms with Crippen molar-refractivity contribution in [3.63, 3.8) is 0 Å². The molecule has 0 bridgehead atoms. The van der Waals surface area contributed by atoms with Crippen LogP contribution < -0.4 is 5.32 Å². The van der Waals surface area contributed by atoms with Gasteiger partial charge in [-0.05, 0) is 38.5 Å². The number of carbonyl (C=O) groups excluding carboxylic acids is 1. The maximum absolute atomic E-state index is 13.3. The van der Waals surface area contributed by atoms with Crippen LogP contribution in [0, 0.1) is 0 Å². The van der Waals surface area contributed by atoms with Gasteiger partial charge in [-0.25, -0.2) is 0 Å². The molecule has 14 heteroatoms. The lowest BCUT2D eigenvalue weighted by Crippen LogP contribution is -2.65. The van der Waals surface area contributed by atoms with Gasteiger partial charge in [0.2, 0.25) is 5.91 Å². The van der Waals surface area contributed by atoms with Crippen LogP contribution in [-0.2, 0) is 23.7 Å². The van der Waals surface area contributed by atoms with Gasteiger partial charge in [0.15, 0.2) is 12.6 Å². The second-order valence-corrected chi connectivity index (χ2v) is 24.7. The minimum Gasteiger partial charge on any atom is -0.394 e. The van der Waals surface area contributed by atoms with Crippen molar-refractivity contribution >= 4 is 5.91 Å². The van der Waals surface area contributed by atoms with Crippen LogP contribution in [0.5, 0.6) is 0 Å². The first-order valence-corrected chi connectivity index (χ1v) is 34.4. The Labute approximate surface area is 495 Å². The van der Waals surface area contributed by atoms with Gasteiger partial charge in [0.1, 0.15) is 48.8 Å². The normalized spacial score (nSPS) is 24.1. The monoisotopic (exact) mass is 1160 g/mol. The number of carbonyl (C=O) groups is 1. The maximum atomic E-state index is 13.3. The summed E-state index contributed by atoms with van der Waals surface area (Å²) >= 11 is 0. The van der Waals surface area contributed by atoms with Gasteiger partial charge in [-0.15, -0.1) is 0 Å². The van der Waals surface area contributed by atoms with Crippen LogP contribution in [0.4, 0.5) is 0 Å². The van der Waals surface area contributed by atoms with Gasteiger partial charge in [-0.1, -0.05) is 283 Å². The first kappa shape index (κ1) is 75.8. The lowest BCUT2D eigenvalue weighted by Gasteiger charge is -2.46. The van der Waals surface area contributed by atoms with Crippen molar-refractivity contribution in [2.24, 2.45) is 0 Å². The van der Waals surface area contributed by atoms with E-state index in [0.717, 1.165) is 57.8 Å². The number of nitrogens with one attached hydrogen (secondary N) is 1. The molecule has 9 N–H and O–H groups in total. The van der Waals surface area contributed by atoms with E-state index in [4.69, 9.17) is 18.9 Å². The zero-order chi connectivity index (χ0) is 58.8. The highest BCUT2D eigenvalue weighted by atomic mass is 16.7. The van der Waals surface area contributed by atoms with Gasteiger partial charge < -0.3 is 65.1 Å². The van der Waals surface area contributed by atoms with E-state index >= 15 is 0 Å². The molecule has 2 fully saturated rings. The lowest BCUT2D eigenvalue weighted by molar-refractivity contribution is -0.359. The SMILES string of the molecule is CCCCCCCCC/C=C\CCCCCCCCCC(=O)NC(COC1OC(CO)C(OC2OC(CO)C(O)C(O)C2O)C(O)C1O)C(O)CCCCCCCCCCCCCCCCCCCCCCCCCCCCCCC. The van der Waals surface area contributed by atoms with Crippen LogP contribution in [-0.4, -0.2) is 140 Å². The Morgan fingerprint density at radius 1 is 0.432 bits per heavy atom. The number of hydrogen-bond donors (Lipinski definition) is 9. The average Bonchev–Trinajstić information content (AvgIpc) is 3.62. The van der Waals surface area contributed by atoms with E-state index in [0.29, 0.717) is 12.8 Å². The van der Waals surface area contributed by atoms with Gasteiger partial charge >= 0.3 is 0 Å². The van der Waals surface area contributed by atoms with E-state index in [1.54, 1.807) is 0 Å². The van der Waals surface area contributed by atoms with Gasteiger partial charge in [-0.2, -0.15) is 0 Å². The van der Waals surface area contributed by atoms with Crippen molar-refractivity contribution in [3.8, 4) is 0 Å². The first-order chi connectivity index (χ1) is 39.6. The smallest absolute Gasteiger partial charge is 0.220 e. The maximum Gasteiger partial charge on any atom is 0.220 e. The van der Waals surface area contributed by atoms with Crippen molar-refractivity contribution in [2.75, 3.05) is 19.8 Å². The largest absolute Gasteiger partial charge is 0.394 e. The van der Waals surface area contributed by atoms with E-state index in [9.17, 15) is 45.6 Å². The summed E-state index contributed by atoms with van der Waals surface area (Å²) < 4.78 is 22.9. The number of hydrogen-bond acceptors (Lipinski definition) is 13. The molecule has 2 aliphatic rings. The minimum absolute atomic E-state index is 0.206. The third kappa shape index (κ3) is 37.8. The Morgan fingerprint density at radius 2 is 0.778 bits per heavy atom. The molecule has 0 aromatic carbocycles. The van der Waals surface area contributed by atoms with Gasteiger partial charge in [0, 0.05) is 6.42 Å². The molecule has 0 aromatic heterocycles. The molecule has 0 saturated carbocycles. The average molecular weight is 1160 g/mol. The van der Waals surface area contributed by atoms with Crippen LogP contribution >= 0.6 is 0 Å². The Kier molecular flexibility index (Phi) is 49.6. The highest BCUT2D eigenvalue weighted by molar-refractivity contribution is 5.76. The molecule has 1 amide bonds. The first-order valence-electron chi connectivity index (χ1n) is 34.4. The van der Waals surface area contributed by atoms with E-state index in [-0.39, 0.29) is 12.5 Å². The fraction of sp³-hybridized carbons (Fsp3) is 0.955. The number of ether oxygens (including phenoxy) is 4. The summed E-state index contributed by atoms with van der Waals surface area (Å²) in [5.41, 5.74) is 0. The standard InChI is InChI=1S/C67H129NO13/c1-3-5-7-9-11-13-15-17-19-21-23-24-25-26-27-28-29-30-31-32-33-34-36-38-40-42-44-46-48-50-56(71)55(68-59(72)51-49-47-45-43-41-39-37-35-22-20-18-16-14-12-10-8-6-4-2)54-78-66-64(77)62(75)65(58(53-70)80-66)81-67-63(76)61(74)60(73)57(52-69)79-67/h20,22,55-58,60-67,69-71,73-77H,3-19,21,23-54H2,1-2H3,(H,68,72)/b22-20-. The summed E-state index contributed by atoms with van der Waals surface area (Å²) in [6.45, 7) is 2.90. The summed E-state index contributed by atoms with van der Waals surface area (Å²) in [5, 5.41) is 87.5. The Balaban J connectivity index is 1.66. The Hall–Kier alpha value is -1.27. The molecule has 0 spiro atoms. The highest BCUT2D eigenvalue weighted by Gasteiger charge is 2.51. The Bertz CT molecular complexity index is 1410. The lowest BCUT2D eigenvalue weighted by atomic mass is 9.97. The van der Waals surface area contributed by atoms with Crippen molar-refractivity contribution < 1.29 is 64.6 Å². The molecule has 2 rings (SSSR count). The minimum atomic E-state index is -1.78. The highest BCUT2D eigenvalue weighted by Crippen LogP contribution is 2.30. The third-order valence-corrected chi connectivity index (χ3v) is 17.2. The fourth-order valence-corrected chi connectivity index (χ4v) is 11.7. The molecule has 12 unspecified atom stereocenters. The van der Waals surface area contributed by atoms with Crippen molar-refractivity contribution in [2.45, 2.75) is 389 Å². The topological polar surface area (TPSA) is 228 Å². The number of unbranched alkanes of at least 4 members (excludes halogenated alkanes) is 42. The molecule has 12 atom stereocenters. The zero-order valence-corrected chi connectivity index (χ0v) is 52.1. The second kappa shape index (κ2) is 53.0. The summed E-state index contributed by atoms with van der Waals surface area (Å²) in [4.78, 5) is 13.3. The zero-order valence-electron chi connectivity index (χ0n) is 52.1. The molecule has 2 aliphatic heterocycles.